The van der Waals surface area contributed by atoms with E-state index in [-0.39, 0.29) is 10.0 Å². The van der Waals surface area contributed by atoms with E-state index in [2.05, 4.69) is 15.9 Å². The minimum atomic E-state index is -1.47. The highest BCUT2D eigenvalue weighted by Crippen LogP contribution is 2.32. The van der Waals surface area contributed by atoms with Crippen LogP contribution >= 0.6 is 27.5 Å². The molecule has 0 atom stereocenters. The van der Waals surface area contributed by atoms with Crippen molar-refractivity contribution in [1.29, 1.82) is 5.26 Å². The van der Waals surface area contributed by atoms with Crippen LogP contribution in [0.25, 0.3) is 0 Å². The van der Waals surface area contributed by atoms with Crippen molar-refractivity contribution < 1.29 is 13.2 Å². The monoisotopic (exact) mass is 283 g/mol. The summed E-state index contributed by atoms with van der Waals surface area (Å²) in [7, 11) is 0. The quantitative estimate of drug-likeness (QED) is 0.571. The van der Waals surface area contributed by atoms with Gasteiger partial charge in [-0.2, -0.15) is 5.26 Å². The van der Waals surface area contributed by atoms with Gasteiger partial charge in [0.1, 0.15) is 5.02 Å². The van der Waals surface area contributed by atoms with Gasteiger partial charge in [0.05, 0.1) is 17.0 Å². The van der Waals surface area contributed by atoms with Crippen molar-refractivity contribution in [2.24, 2.45) is 0 Å². The van der Waals surface area contributed by atoms with Crippen LogP contribution in [0.1, 0.15) is 5.56 Å². The van der Waals surface area contributed by atoms with Gasteiger partial charge in [0.15, 0.2) is 17.5 Å². The molecular weight excluding hydrogens is 282 g/mol. The van der Waals surface area contributed by atoms with E-state index in [1.54, 1.807) is 6.07 Å². The zero-order valence-electron chi connectivity index (χ0n) is 6.54. The van der Waals surface area contributed by atoms with E-state index in [0.717, 1.165) is 0 Å². The fourth-order valence-corrected chi connectivity index (χ4v) is 1.69. The molecule has 0 spiro atoms. The Kier molecular flexibility index (Phi) is 3.40. The molecule has 0 aliphatic rings. The minimum absolute atomic E-state index is 0.317. The SMILES string of the molecule is N#CCc1c(F)c(F)c(Cl)c(F)c1Br. The van der Waals surface area contributed by atoms with Crippen LogP contribution < -0.4 is 0 Å². The first-order chi connectivity index (χ1) is 6.50. The molecule has 1 rings (SSSR count). The van der Waals surface area contributed by atoms with Crippen molar-refractivity contribution in [2.75, 3.05) is 0 Å². The fourth-order valence-electron chi connectivity index (χ4n) is 0.885. The Balaban J connectivity index is 3.53. The first kappa shape index (κ1) is 11.3. The van der Waals surface area contributed by atoms with E-state index < -0.39 is 28.9 Å². The first-order valence-electron chi connectivity index (χ1n) is 3.38. The summed E-state index contributed by atoms with van der Waals surface area (Å²) < 4.78 is 38.7. The molecule has 1 aromatic rings. The largest absolute Gasteiger partial charge is 0.204 e. The van der Waals surface area contributed by atoms with E-state index >= 15 is 0 Å². The summed E-state index contributed by atoms with van der Waals surface area (Å²) in [5, 5.41) is 7.38. The van der Waals surface area contributed by atoms with Crippen LogP contribution in [-0.4, -0.2) is 0 Å². The molecule has 0 fully saturated rings. The molecule has 0 bridgehead atoms. The molecule has 0 saturated heterocycles. The smallest absolute Gasteiger partial charge is 0.180 e. The Bertz CT molecular complexity index is 399. The van der Waals surface area contributed by atoms with Gasteiger partial charge in [-0.25, -0.2) is 13.2 Å². The lowest BCUT2D eigenvalue weighted by Gasteiger charge is -2.06. The average molecular weight is 284 g/mol. The molecule has 1 nitrogen and oxygen atoms in total. The van der Waals surface area contributed by atoms with Crippen molar-refractivity contribution in [3.05, 3.63) is 32.5 Å². The number of halogens is 5. The summed E-state index contributed by atoms with van der Waals surface area (Å²) in [5.74, 6) is -3.88. The van der Waals surface area contributed by atoms with Gasteiger partial charge in [0, 0.05) is 5.56 Å². The van der Waals surface area contributed by atoms with Gasteiger partial charge in [0.2, 0.25) is 0 Å². The van der Waals surface area contributed by atoms with Crippen LogP contribution in [0.2, 0.25) is 5.02 Å². The van der Waals surface area contributed by atoms with Gasteiger partial charge in [-0.15, -0.1) is 0 Å². The maximum Gasteiger partial charge on any atom is 0.180 e. The summed E-state index contributed by atoms with van der Waals surface area (Å²) in [6, 6.07) is 1.59. The van der Waals surface area contributed by atoms with E-state index in [1.807, 2.05) is 0 Å². The lowest BCUT2D eigenvalue weighted by molar-refractivity contribution is 0.485. The molecule has 0 saturated carbocycles. The van der Waals surface area contributed by atoms with Crippen LogP contribution in [0.4, 0.5) is 13.2 Å². The zero-order chi connectivity index (χ0) is 10.9. The maximum absolute atomic E-state index is 13.1. The van der Waals surface area contributed by atoms with Crippen LogP contribution in [0.15, 0.2) is 4.47 Å². The third-order valence-corrected chi connectivity index (χ3v) is 2.72. The molecule has 74 valence electrons. The van der Waals surface area contributed by atoms with E-state index in [9.17, 15) is 13.2 Å². The number of rotatable bonds is 1. The van der Waals surface area contributed by atoms with Gasteiger partial charge in [-0.1, -0.05) is 11.6 Å². The standard InChI is InChI=1S/C8H2BrClF3N/c9-4-3(1-2-14)6(11)8(13)5(10)7(4)12/h1H2. The maximum atomic E-state index is 13.1. The van der Waals surface area contributed by atoms with Crippen molar-refractivity contribution in [1.82, 2.24) is 0 Å². The highest BCUT2D eigenvalue weighted by atomic mass is 79.9. The Morgan fingerprint density at radius 1 is 1.21 bits per heavy atom. The molecule has 1 aromatic carbocycles. The number of hydrogen-bond acceptors (Lipinski definition) is 1. The van der Waals surface area contributed by atoms with Crippen LogP contribution in [-0.2, 0) is 6.42 Å². The minimum Gasteiger partial charge on any atom is -0.204 e. The third kappa shape index (κ3) is 1.72. The predicted octanol–water partition coefficient (Wildman–Crippen LogP) is 3.59. The van der Waals surface area contributed by atoms with Gasteiger partial charge >= 0.3 is 0 Å². The number of nitriles is 1. The summed E-state index contributed by atoms with van der Waals surface area (Å²) >= 11 is 7.86. The lowest BCUT2D eigenvalue weighted by atomic mass is 10.1. The second kappa shape index (κ2) is 4.20. The van der Waals surface area contributed by atoms with Crippen molar-refractivity contribution >= 4 is 27.5 Å². The predicted molar refractivity (Wildman–Crippen MR) is 48.3 cm³/mol. The van der Waals surface area contributed by atoms with E-state index in [0.29, 0.717) is 0 Å². The van der Waals surface area contributed by atoms with Crippen LogP contribution in [0.3, 0.4) is 0 Å². The normalized spacial score (nSPS) is 10.0. The molecule has 0 aliphatic heterocycles. The Hall–Kier alpha value is -0.730. The Morgan fingerprint density at radius 2 is 1.79 bits per heavy atom. The zero-order valence-corrected chi connectivity index (χ0v) is 8.89. The van der Waals surface area contributed by atoms with E-state index in [4.69, 9.17) is 16.9 Å². The molecule has 0 N–H and O–H groups in total. The Labute approximate surface area is 91.2 Å². The molecule has 14 heavy (non-hydrogen) atoms. The summed E-state index contributed by atoms with van der Waals surface area (Å²) in [6.07, 6.45) is -0.433. The summed E-state index contributed by atoms with van der Waals surface area (Å²) in [4.78, 5) is 0. The number of hydrogen-bond donors (Lipinski definition) is 0. The topological polar surface area (TPSA) is 23.8 Å². The van der Waals surface area contributed by atoms with Gasteiger partial charge in [-0.05, 0) is 15.9 Å². The lowest BCUT2D eigenvalue weighted by Crippen LogP contribution is -2.00. The molecule has 0 unspecified atom stereocenters. The molecule has 6 heteroatoms. The third-order valence-electron chi connectivity index (χ3n) is 1.56. The molecule has 0 aromatic heterocycles. The summed E-state index contributed by atoms with van der Waals surface area (Å²) in [5.41, 5.74) is -0.369. The average Bonchev–Trinajstić information content (AvgIpc) is 2.19. The molecule has 0 heterocycles. The number of benzene rings is 1. The van der Waals surface area contributed by atoms with Crippen LogP contribution in [0.5, 0.6) is 0 Å². The molecule has 0 amide bonds. The molecular formula is C8H2BrClF3N. The van der Waals surface area contributed by atoms with Crippen molar-refractivity contribution in [3.63, 3.8) is 0 Å². The first-order valence-corrected chi connectivity index (χ1v) is 4.55. The highest BCUT2D eigenvalue weighted by molar-refractivity contribution is 9.10. The number of nitrogens with zero attached hydrogens (tertiary/aromatic N) is 1. The van der Waals surface area contributed by atoms with Gasteiger partial charge in [0.25, 0.3) is 0 Å². The van der Waals surface area contributed by atoms with E-state index in [1.165, 1.54) is 0 Å². The van der Waals surface area contributed by atoms with Gasteiger partial charge in [-0.3, -0.25) is 0 Å². The summed E-state index contributed by atoms with van der Waals surface area (Å²) in [6.45, 7) is 0. The van der Waals surface area contributed by atoms with Crippen LogP contribution in [0, 0.1) is 28.8 Å². The molecule has 0 radical (unpaired) electrons. The highest BCUT2D eigenvalue weighted by Gasteiger charge is 2.22. The van der Waals surface area contributed by atoms with Crippen molar-refractivity contribution in [3.8, 4) is 6.07 Å². The van der Waals surface area contributed by atoms with Crippen molar-refractivity contribution in [2.45, 2.75) is 6.42 Å². The fraction of sp³-hybridized carbons (Fsp3) is 0.125. The molecule has 0 aliphatic carbocycles. The van der Waals surface area contributed by atoms with Gasteiger partial charge < -0.3 is 0 Å². The second-order valence-electron chi connectivity index (χ2n) is 2.38. The second-order valence-corrected chi connectivity index (χ2v) is 3.55. The Morgan fingerprint density at radius 3 is 2.29 bits per heavy atom.